The van der Waals surface area contributed by atoms with Gasteiger partial charge in [0.2, 0.25) is 5.60 Å². The van der Waals surface area contributed by atoms with Crippen molar-refractivity contribution in [2.45, 2.75) is 69.8 Å². The third kappa shape index (κ3) is 4.87. The molecule has 0 bridgehead atoms. The molecule has 1 saturated carbocycles. The van der Waals surface area contributed by atoms with E-state index in [4.69, 9.17) is 9.47 Å². The van der Waals surface area contributed by atoms with Gasteiger partial charge in [0.1, 0.15) is 5.60 Å². The molecule has 0 aliphatic heterocycles. The van der Waals surface area contributed by atoms with Gasteiger partial charge in [-0.15, -0.1) is 22.7 Å². The topological polar surface area (TPSA) is 76.1 Å². The Morgan fingerprint density at radius 2 is 1.57 bits per heavy atom. The summed E-state index contributed by atoms with van der Waals surface area (Å²) >= 11 is 2.78. The van der Waals surface area contributed by atoms with Crippen LogP contribution in [0.1, 0.15) is 56.2 Å². The molecule has 2 aromatic rings. The van der Waals surface area contributed by atoms with Gasteiger partial charge in [-0.05, 0) is 69.3 Å². The summed E-state index contributed by atoms with van der Waals surface area (Å²) in [5.41, 5.74) is -2.02. The van der Waals surface area contributed by atoms with E-state index < -0.39 is 17.2 Å². The third-order valence-electron chi connectivity index (χ3n) is 5.25. The lowest BCUT2D eigenvalue weighted by Gasteiger charge is -2.38. The Balaban J connectivity index is 1.72. The standard InChI is InChI=1S/C22H29NO5S2/c1-21(2,3)28-20(26)23(4)15-9-11-16(12-10-15)27-22(19(24)25,17-7-5-13-29-17)18-8-6-14-30-18/h5-8,13-16H,9-12H2,1-4H3,(H,24,25). The SMILES string of the molecule is CN(C(=O)OC(C)(C)C)C1CCC(OC(C(=O)O)(c2cccs2)c2cccs2)CC1. The summed E-state index contributed by atoms with van der Waals surface area (Å²) in [6, 6.07) is 7.39. The molecule has 1 fully saturated rings. The maximum atomic E-state index is 12.5. The van der Waals surface area contributed by atoms with Crippen molar-refractivity contribution in [2.24, 2.45) is 0 Å². The maximum Gasteiger partial charge on any atom is 0.410 e. The largest absolute Gasteiger partial charge is 0.479 e. The predicted octanol–water partition coefficient (Wildman–Crippen LogP) is 5.33. The first-order valence-electron chi connectivity index (χ1n) is 10.1. The number of aliphatic carboxylic acids is 1. The molecule has 1 aliphatic rings. The molecule has 1 N–H and O–H groups in total. The first kappa shape index (κ1) is 22.8. The van der Waals surface area contributed by atoms with Crippen LogP contribution in [-0.2, 0) is 19.9 Å². The van der Waals surface area contributed by atoms with E-state index in [-0.39, 0.29) is 18.2 Å². The molecule has 1 amide bonds. The molecule has 2 heterocycles. The van der Waals surface area contributed by atoms with Crippen molar-refractivity contribution in [3.8, 4) is 0 Å². The number of hydrogen-bond acceptors (Lipinski definition) is 6. The minimum Gasteiger partial charge on any atom is -0.479 e. The Morgan fingerprint density at radius 1 is 1.03 bits per heavy atom. The fourth-order valence-electron chi connectivity index (χ4n) is 3.74. The summed E-state index contributed by atoms with van der Waals surface area (Å²) < 4.78 is 11.9. The van der Waals surface area contributed by atoms with Gasteiger partial charge in [0, 0.05) is 13.1 Å². The number of carboxylic acids is 1. The number of nitrogens with zero attached hydrogens (tertiary/aromatic N) is 1. The van der Waals surface area contributed by atoms with Crippen LogP contribution in [0, 0.1) is 0 Å². The summed E-state index contributed by atoms with van der Waals surface area (Å²) in [6.07, 6.45) is 2.32. The molecule has 164 valence electrons. The Hall–Kier alpha value is -1.90. The highest BCUT2D eigenvalue weighted by Crippen LogP contribution is 2.42. The average molecular weight is 452 g/mol. The Kier molecular flexibility index (Phi) is 6.89. The van der Waals surface area contributed by atoms with E-state index in [1.807, 2.05) is 55.8 Å². The monoisotopic (exact) mass is 451 g/mol. The summed E-state index contributed by atoms with van der Waals surface area (Å²) in [7, 11) is 1.76. The van der Waals surface area contributed by atoms with Crippen LogP contribution in [-0.4, -0.2) is 46.9 Å². The highest BCUT2D eigenvalue weighted by molar-refractivity contribution is 7.12. The summed E-state index contributed by atoms with van der Waals surface area (Å²) in [5, 5.41) is 14.0. The van der Waals surface area contributed by atoms with Crippen molar-refractivity contribution in [3.63, 3.8) is 0 Å². The lowest BCUT2D eigenvalue weighted by Crippen LogP contribution is -2.46. The van der Waals surface area contributed by atoms with Gasteiger partial charge in [-0.25, -0.2) is 9.59 Å². The second-order valence-electron chi connectivity index (χ2n) is 8.58. The van der Waals surface area contributed by atoms with Crippen LogP contribution in [0.3, 0.4) is 0 Å². The molecular formula is C22H29NO5S2. The van der Waals surface area contributed by atoms with Gasteiger partial charge in [-0.1, -0.05) is 12.1 Å². The number of rotatable bonds is 6. The van der Waals surface area contributed by atoms with Crippen LogP contribution in [0.25, 0.3) is 0 Å². The van der Waals surface area contributed by atoms with Gasteiger partial charge in [0.15, 0.2) is 0 Å². The Labute approximate surface area is 185 Å². The number of carbonyl (C=O) groups excluding carboxylic acids is 1. The second kappa shape index (κ2) is 9.08. The van der Waals surface area contributed by atoms with Crippen molar-refractivity contribution in [3.05, 3.63) is 44.8 Å². The molecule has 0 saturated heterocycles. The number of thiophene rings is 2. The minimum atomic E-state index is -1.49. The molecule has 30 heavy (non-hydrogen) atoms. The van der Waals surface area contributed by atoms with E-state index in [1.165, 1.54) is 22.7 Å². The summed E-state index contributed by atoms with van der Waals surface area (Å²) in [6.45, 7) is 5.55. The predicted molar refractivity (Wildman–Crippen MR) is 118 cm³/mol. The third-order valence-corrected chi connectivity index (χ3v) is 7.20. The molecule has 6 nitrogen and oxygen atoms in total. The molecule has 2 aromatic heterocycles. The van der Waals surface area contributed by atoms with Crippen molar-refractivity contribution in [2.75, 3.05) is 7.05 Å². The van der Waals surface area contributed by atoms with Gasteiger partial charge in [-0.2, -0.15) is 0 Å². The molecule has 0 aromatic carbocycles. The fourth-order valence-corrected chi connectivity index (χ4v) is 5.55. The van der Waals surface area contributed by atoms with Gasteiger partial charge >= 0.3 is 12.1 Å². The zero-order chi connectivity index (χ0) is 21.9. The van der Waals surface area contributed by atoms with Crippen LogP contribution in [0.15, 0.2) is 35.0 Å². The molecule has 0 unspecified atom stereocenters. The van der Waals surface area contributed by atoms with Crippen molar-refractivity contribution < 1.29 is 24.2 Å². The second-order valence-corrected chi connectivity index (χ2v) is 10.5. The first-order chi connectivity index (χ1) is 14.1. The number of hydrogen-bond donors (Lipinski definition) is 1. The quantitative estimate of drug-likeness (QED) is 0.642. The molecule has 8 heteroatoms. The highest BCUT2D eigenvalue weighted by atomic mass is 32.1. The lowest BCUT2D eigenvalue weighted by molar-refractivity contribution is -0.170. The normalized spacial score (nSPS) is 20.0. The van der Waals surface area contributed by atoms with Crippen molar-refractivity contribution in [1.82, 2.24) is 4.90 Å². The van der Waals surface area contributed by atoms with Gasteiger partial charge in [-0.3, -0.25) is 0 Å². The van der Waals surface area contributed by atoms with Crippen LogP contribution in [0.4, 0.5) is 4.79 Å². The molecule has 0 radical (unpaired) electrons. The van der Waals surface area contributed by atoms with Crippen LogP contribution < -0.4 is 0 Å². The molecule has 0 spiro atoms. The smallest absolute Gasteiger partial charge is 0.410 e. The van der Waals surface area contributed by atoms with Gasteiger partial charge in [0.25, 0.3) is 0 Å². The number of carboxylic acid groups (broad SMARTS) is 1. The van der Waals surface area contributed by atoms with Gasteiger partial charge < -0.3 is 19.5 Å². The summed E-state index contributed by atoms with van der Waals surface area (Å²) in [4.78, 5) is 27.9. The minimum absolute atomic E-state index is 0.0578. The van der Waals surface area contributed by atoms with E-state index in [1.54, 1.807) is 11.9 Å². The Bertz CT molecular complexity index is 799. The van der Waals surface area contributed by atoms with Crippen LogP contribution in [0.5, 0.6) is 0 Å². The van der Waals surface area contributed by atoms with E-state index >= 15 is 0 Å². The Morgan fingerprint density at radius 3 is 1.97 bits per heavy atom. The molecular weight excluding hydrogens is 422 g/mol. The van der Waals surface area contributed by atoms with Crippen LogP contribution >= 0.6 is 22.7 Å². The van der Waals surface area contributed by atoms with Gasteiger partial charge in [0.05, 0.1) is 15.9 Å². The van der Waals surface area contributed by atoms with E-state index in [0.29, 0.717) is 22.6 Å². The van der Waals surface area contributed by atoms with Crippen LogP contribution in [0.2, 0.25) is 0 Å². The lowest BCUT2D eigenvalue weighted by atomic mass is 9.90. The first-order valence-corrected chi connectivity index (χ1v) is 11.8. The molecule has 1 aliphatic carbocycles. The molecule has 3 rings (SSSR count). The average Bonchev–Trinajstić information content (AvgIpc) is 3.39. The highest BCUT2D eigenvalue weighted by Gasteiger charge is 2.48. The zero-order valence-electron chi connectivity index (χ0n) is 17.8. The fraction of sp³-hybridized carbons (Fsp3) is 0.545. The van der Waals surface area contributed by atoms with E-state index in [9.17, 15) is 14.7 Å². The van der Waals surface area contributed by atoms with E-state index in [2.05, 4.69) is 0 Å². The number of carbonyl (C=O) groups is 2. The summed E-state index contributed by atoms with van der Waals surface area (Å²) in [5.74, 6) is -1.000. The van der Waals surface area contributed by atoms with Crippen molar-refractivity contribution >= 4 is 34.7 Å². The van der Waals surface area contributed by atoms with E-state index in [0.717, 1.165) is 12.8 Å². The maximum absolute atomic E-state index is 12.5. The molecule has 0 atom stereocenters. The number of amides is 1. The zero-order valence-corrected chi connectivity index (χ0v) is 19.4. The van der Waals surface area contributed by atoms with Crippen molar-refractivity contribution in [1.29, 1.82) is 0 Å². The number of ether oxygens (including phenoxy) is 2.